The summed E-state index contributed by atoms with van der Waals surface area (Å²) in [4.78, 5) is 37.9. The lowest BCUT2D eigenvalue weighted by Gasteiger charge is -2.17. The van der Waals surface area contributed by atoms with Gasteiger partial charge in [0.15, 0.2) is 5.78 Å². The van der Waals surface area contributed by atoms with Gasteiger partial charge in [0.25, 0.3) is 5.91 Å². The zero-order chi connectivity index (χ0) is 20.7. The molecular formula is C19H19F3N2O3S. The van der Waals surface area contributed by atoms with Crippen LogP contribution in [0, 0.1) is 0 Å². The highest BCUT2D eigenvalue weighted by atomic mass is 32.1. The lowest BCUT2D eigenvalue weighted by molar-refractivity contribution is -0.130. The van der Waals surface area contributed by atoms with E-state index in [1.54, 1.807) is 42.0 Å². The normalized spacial score (nSPS) is 11.1. The van der Waals surface area contributed by atoms with Crippen LogP contribution in [0.15, 0.2) is 41.8 Å². The molecule has 0 bridgehead atoms. The van der Waals surface area contributed by atoms with E-state index in [1.165, 1.54) is 28.4 Å². The molecule has 2 rings (SSSR count). The van der Waals surface area contributed by atoms with Crippen molar-refractivity contribution in [3.63, 3.8) is 0 Å². The number of thiophene rings is 1. The Morgan fingerprint density at radius 3 is 2.32 bits per heavy atom. The fourth-order valence-electron chi connectivity index (χ4n) is 2.38. The molecule has 0 saturated heterocycles. The molecule has 0 spiro atoms. The van der Waals surface area contributed by atoms with Gasteiger partial charge in [-0.1, -0.05) is 18.2 Å². The van der Waals surface area contributed by atoms with E-state index in [2.05, 4.69) is 0 Å². The summed E-state index contributed by atoms with van der Waals surface area (Å²) in [6.45, 7) is -1.13. The molecule has 1 aromatic heterocycles. The fraction of sp³-hybridized carbons (Fsp3) is 0.316. The number of Topliss-reactive ketones (excluding diaryl/α,β-unsaturated/α-hetero) is 1. The summed E-state index contributed by atoms with van der Waals surface area (Å²) < 4.78 is 36.4. The molecule has 1 heterocycles. The Balaban J connectivity index is 1.82. The van der Waals surface area contributed by atoms with Gasteiger partial charge in [-0.05, 0) is 29.1 Å². The lowest BCUT2D eigenvalue weighted by Crippen LogP contribution is -2.33. The number of rotatable bonds is 8. The molecule has 150 valence electrons. The molecule has 0 saturated carbocycles. The third-order valence-corrected chi connectivity index (χ3v) is 4.78. The van der Waals surface area contributed by atoms with Crippen LogP contribution in [-0.4, -0.2) is 42.3 Å². The van der Waals surface area contributed by atoms with Gasteiger partial charge in [-0.15, -0.1) is 11.3 Å². The number of benzene rings is 1. The standard InChI is InChI=1S/C19H19F3N2O3S/c1-24(17(26)9-8-15(25)16-3-2-10-28-16)11-13-4-6-14(7-5-13)18(27)23-12-19(20,21)22/h2-7,10H,8-9,11-12H2,1H3,(H,23,27). The van der Waals surface area contributed by atoms with Crippen LogP contribution in [0.25, 0.3) is 0 Å². The van der Waals surface area contributed by atoms with Gasteiger partial charge in [0.2, 0.25) is 5.91 Å². The number of amides is 2. The molecular weight excluding hydrogens is 393 g/mol. The molecule has 9 heteroatoms. The lowest BCUT2D eigenvalue weighted by atomic mass is 10.1. The van der Waals surface area contributed by atoms with Crippen LogP contribution >= 0.6 is 11.3 Å². The summed E-state index contributed by atoms with van der Waals surface area (Å²) in [5, 5.41) is 3.60. The van der Waals surface area contributed by atoms with Crippen molar-refractivity contribution in [1.29, 1.82) is 0 Å². The second-order valence-electron chi connectivity index (χ2n) is 6.15. The zero-order valence-electron chi connectivity index (χ0n) is 15.1. The largest absolute Gasteiger partial charge is 0.405 e. The second kappa shape index (κ2) is 9.50. The summed E-state index contributed by atoms with van der Waals surface area (Å²) >= 11 is 1.33. The number of hydrogen-bond donors (Lipinski definition) is 1. The van der Waals surface area contributed by atoms with Gasteiger partial charge >= 0.3 is 6.18 Å². The molecule has 5 nitrogen and oxygen atoms in total. The number of nitrogens with one attached hydrogen (secondary N) is 1. The van der Waals surface area contributed by atoms with Gasteiger partial charge in [-0.25, -0.2) is 0 Å². The van der Waals surface area contributed by atoms with Crippen LogP contribution in [0.1, 0.15) is 38.4 Å². The third-order valence-electron chi connectivity index (χ3n) is 3.87. The molecule has 1 aromatic carbocycles. The van der Waals surface area contributed by atoms with Gasteiger partial charge < -0.3 is 10.2 Å². The fourth-order valence-corrected chi connectivity index (χ4v) is 3.07. The maximum atomic E-state index is 12.2. The van der Waals surface area contributed by atoms with E-state index >= 15 is 0 Å². The number of alkyl halides is 3. The highest BCUT2D eigenvalue weighted by Gasteiger charge is 2.27. The number of nitrogens with zero attached hydrogens (tertiary/aromatic N) is 1. The number of halogens is 3. The number of hydrogen-bond acceptors (Lipinski definition) is 4. The molecule has 0 radical (unpaired) electrons. The predicted molar refractivity (Wildman–Crippen MR) is 99.2 cm³/mol. The first kappa shape index (κ1) is 21.6. The molecule has 0 aliphatic carbocycles. The minimum Gasteiger partial charge on any atom is -0.343 e. The second-order valence-corrected chi connectivity index (χ2v) is 7.09. The number of ketones is 1. The van der Waals surface area contributed by atoms with Crippen LogP contribution in [0.4, 0.5) is 13.2 Å². The van der Waals surface area contributed by atoms with Crippen molar-refractivity contribution in [2.45, 2.75) is 25.6 Å². The Hall–Kier alpha value is -2.68. The van der Waals surface area contributed by atoms with E-state index < -0.39 is 18.6 Å². The number of carbonyl (C=O) groups excluding carboxylic acids is 3. The first-order valence-electron chi connectivity index (χ1n) is 8.40. The van der Waals surface area contributed by atoms with Crippen LogP contribution in [0.5, 0.6) is 0 Å². The SMILES string of the molecule is CN(Cc1ccc(C(=O)NCC(F)(F)F)cc1)C(=O)CCC(=O)c1cccs1. The minimum atomic E-state index is -4.47. The summed E-state index contributed by atoms with van der Waals surface area (Å²) in [5.41, 5.74) is 0.816. The van der Waals surface area contributed by atoms with Crippen LogP contribution in [0.3, 0.4) is 0 Å². The molecule has 0 atom stereocenters. The highest BCUT2D eigenvalue weighted by molar-refractivity contribution is 7.12. The van der Waals surface area contributed by atoms with Gasteiger partial charge in [0.05, 0.1) is 4.88 Å². The maximum Gasteiger partial charge on any atom is 0.405 e. The summed E-state index contributed by atoms with van der Waals surface area (Å²) in [7, 11) is 1.60. The van der Waals surface area contributed by atoms with Crippen molar-refractivity contribution in [2.75, 3.05) is 13.6 Å². The van der Waals surface area contributed by atoms with E-state index in [-0.39, 0.29) is 36.6 Å². The Morgan fingerprint density at radius 2 is 1.75 bits per heavy atom. The molecule has 2 amide bonds. The van der Waals surface area contributed by atoms with E-state index in [0.29, 0.717) is 10.4 Å². The molecule has 1 N–H and O–H groups in total. The van der Waals surface area contributed by atoms with Crippen molar-refractivity contribution in [1.82, 2.24) is 10.2 Å². The first-order chi connectivity index (χ1) is 13.2. The molecule has 0 aliphatic rings. The Morgan fingerprint density at radius 1 is 1.07 bits per heavy atom. The Bertz CT molecular complexity index is 818. The van der Waals surface area contributed by atoms with Crippen molar-refractivity contribution in [3.05, 3.63) is 57.8 Å². The van der Waals surface area contributed by atoms with Crippen LogP contribution < -0.4 is 5.32 Å². The minimum absolute atomic E-state index is 0.0778. The van der Waals surface area contributed by atoms with E-state index in [4.69, 9.17) is 0 Å². The monoisotopic (exact) mass is 412 g/mol. The van der Waals surface area contributed by atoms with Gasteiger partial charge in [-0.2, -0.15) is 13.2 Å². The maximum absolute atomic E-state index is 12.2. The van der Waals surface area contributed by atoms with Gasteiger partial charge in [0.1, 0.15) is 6.54 Å². The average molecular weight is 412 g/mol. The average Bonchev–Trinajstić information content (AvgIpc) is 3.18. The smallest absolute Gasteiger partial charge is 0.343 e. The summed E-state index contributed by atoms with van der Waals surface area (Å²) in [6.07, 6.45) is -4.25. The molecule has 0 aliphatic heterocycles. The van der Waals surface area contributed by atoms with Gasteiger partial charge in [-0.3, -0.25) is 14.4 Å². The van der Waals surface area contributed by atoms with E-state index in [1.807, 2.05) is 0 Å². The molecule has 0 unspecified atom stereocenters. The van der Waals surface area contributed by atoms with Crippen molar-refractivity contribution in [2.24, 2.45) is 0 Å². The van der Waals surface area contributed by atoms with Crippen molar-refractivity contribution >= 4 is 28.9 Å². The summed E-state index contributed by atoms with van der Waals surface area (Å²) in [5.74, 6) is -1.09. The van der Waals surface area contributed by atoms with Crippen LogP contribution in [-0.2, 0) is 11.3 Å². The van der Waals surface area contributed by atoms with E-state index in [9.17, 15) is 27.6 Å². The van der Waals surface area contributed by atoms with E-state index in [0.717, 1.165) is 0 Å². The van der Waals surface area contributed by atoms with Crippen molar-refractivity contribution in [3.8, 4) is 0 Å². The molecule has 2 aromatic rings. The predicted octanol–water partition coefficient (Wildman–Crippen LogP) is 3.66. The van der Waals surface area contributed by atoms with Crippen LogP contribution in [0.2, 0.25) is 0 Å². The number of carbonyl (C=O) groups is 3. The molecule has 0 fully saturated rings. The Labute approximate surface area is 164 Å². The zero-order valence-corrected chi connectivity index (χ0v) is 15.9. The highest BCUT2D eigenvalue weighted by Crippen LogP contribution is 2.15. The van der Waals surface area contributed by atoms with Crippen molar-refractivity contribution < 1.29 is 27.6 Å². The topological polar surface area (TPSA) is 66.5 Å². The summed E-state index contributed by atoms with van der Waals surface area (Å²) in [6, 6.07) is 9.44. The third kappa shape index (κ3) is 6.80. The quantitative estimate of drug-likeness (QED) is 0.673. The first-order valence-corrected chi connectivity index (χ1v) is 9.28. The Kier molecular flexibility index (Phi) is 7.33. The molecule has 28 heavy (non-hydrogen) atoms. The van der Waals surface area contributed by atoms with Gasteiger partial charge in [0, 0.05) is 32.0 Å².